The summed E-state index contributed by atoms with van der Waals surface area (Å²) in [6.07, 6.45) is 1.59. The van der Waals surface area contributed by atoms with Crippen molar-refractivity contribution in [2.24, 2.45) is 5.92 Å². The Morgan fingerprint density at radius 1 is 1.32 bits per heavy atom. The molecule has 0 spiro atoms. The van der Waals surface area contributed by atoms with Gasteiger partial charge in [0.1, 0.15) is 5.75 Å². The van der Waals surface area contributed by atoms with E-state index in [2.05, 4.69) is 6.92 Å². The quantitative estimate of drug-likeness (QED) is 0.820. The molecule has 1 N–H and O–H groups in total. The van der Waals surface area contributed by atoms with Crippen molar-refractivity contribution >= 4 is 11.9 Å². The van der Waals surface area contributed by atoms with Crippen LogP contribution in [-0.2, 0) is 9.59 Å². The lowest BCUT2D eigenvalue weighted by Gasteiger charge is -2.15. The molecule has 0 aliphatic carbocycles. The van der Waals surface area contributed by atoms with Gasteiger partial charge in [-0.1, -0.05) is 6.07 Å². The highest BCUT2D eigenvalue weighted by atomic mass is 16.5. The van der Waals surface area contributed by atoms with Gasteiger partial charge in [-0.2, -0.15) is 0 Å². The molecule has 0 aromatic heterocycles. The van der Waals surface area contributed by atoms with Crippen LogP contribution in [-0.4, -0.2) is 41.6 Å². The first kappa shape index (κ1) is 16.3. The van der Waals surface area contributed by atoms with E-state index in [0.717, 1.165) is 5.75 Å². The predicted octanol–water partition coefficient (Wildman–Crippen LogP) is 2.40. The Kier molecular flexibility index (Phi) is 5.41. The van der Waals surface area contributed by atoms with Crippen LogP contribution in [0.25, 0.3) is 0 Å². The molecule has 22 heavy (non-hydrogen) atoms. The van der Waals surface area contributed by atoms with Gasteiger partial charge in [0.2, 0.25) is 5.91 Å². The van der Waals surface area contributed by atoms with Crippen molar-refractivity contribution in [3.63, 3.8) is 0 Å². The first-order valence-electron chi connectivity index (χ1n) is 7.68. The van der Waals surface area contributed by atoms with Gasteiger partial charge in [0.15, 0.2) is 0 Å². The topological polar surface area (TPSA) is 66.8 Å². The maximum atomic E-state index is 12.0. The lowest BCUT2D eigenvalue weighted by Crippen LogP contribution is -2.30. The van der Waals surface area contributed by atoms with Gasteiger partial charge in [-0.05, 0) is 49.9 Å². The lowest BCUT2D eigenvalue weighted by atomic mass is 10.1. The van der Waals surface area contributed by atoms with Crippen LogP contribution in [0.4, 0.5) is 0 Å². The molecule has 120 valence electrons. The summed E-state index contributed by atoms with van der Waals surface area (Å²) < 4.78 is 5.65. The number of benzene rings is 1. The number of aliphatic carboxylic acids is 1. The number of ether oxygens (including phenoxy) is 1. The smallest absolute Gasteiger partial charge is 0.308 e. The molecule has 1 atom stereocenters. The Morgan fingerprint density at radius 2 is 2.09 bits per heavy atom. The van der Waals surface area contributed by atoms with Crippen LogP contribution in [0.3, 0.4) is 0 Å². The lowest BCUT2D eigenvalue weighted by molar-refractivity contribution is -0.141. The minimum absolute atomic E-state index is 0.0208. The van der Waals surface area contributed by atoms with E-state index in [9.17, 15) is 9.59 Å². The third-order valence-electron chi connectivity index (χ3n) is 4.17. The van der Waals surface area contributed by atoms with Crippen LogP contribution in [0.1, 0.15) is 30.4 Å². The van der Waals surface area contributed by atoms with Crippen molar-refractivity contribution in [3.05, 3.63) is 29.3 Å². The average Bonchev–Trinajstić information content (AvgIpc) is 2.97. The summed E-state index contributed by atoms with van der Waals surface area (Å²) in [5.41, 5.74) is 2.41. The van der Waals surface area contributed by atoms with Crippen LogP contribution < -0.4 is 4.74 Å². The summed E-state index contributed by atoms with van der Waals surface area (Å²) in [5, 5.41) is 8.94. The fourth-order valence-corrected chi connectivity index (χ4v) is 2.56. The number of amides is 1. The predicted molar refractivity (Wildman–Crippen MR) is 83.0 cm³/mol. The number of carbonyl (C=O) groups is 2. The van der Waals surface area contributed by atoms with E-state index in [1.807, 2.05) is 25.1 Å². The van der Waals surface area contributed by atoms with Gasteiger partial charge >= 0.3 is 5.97 Å². The van der Waals surface area contributed by atoms with E-state index in [4.69, 9.17) is 9.84 Å². The number of hydrogen-bond donors (Lipinski definition) is 1. The zero-order valence-electron chi connectivity index (χ0n) is 13.2. The highest BCUT2D eigenvalue weighted by Crippen LogP contribution is 2.19. The molecule has 0 radical (unpaired) electrons. The summed E-state index contributed by atoms with van der Waals surface area (Å²) in [5.74, 6) is -0.376. The zero-order valence-corrected chi connectivity index (χ0v) is 13.2. The molecule has 1 heterocycles. The summed E-state index contributed by atoms with van der Waals surface area (Å²) in [6.45, 7) is 5.47. The largest absolute Gasteiger partial charge is 0.494 e. The van der Waals surface area contributed by atoms with E-state index in [-0.39, 0.29) is 5.91 Å². The van der Waals surface area contributed by atoms with Crippen LogP contribution in [0.5, 0.6) is 5.75 Å². The van der Waals surface area contributed by atoms with E-state index in [1.165, 1.54) is 11.1 Å². The van der Waals surface area contributed by atoms with Crippen molar-refractivity contribution < 1.29 is 19.4 Å². The number of hydrogen-bond acceptors (Lipinski definition) is 3. The molecular weight excluding hydrogens is 282 g/mol. The SMILES string of the molecule is Cc1ccc(OCCCC(=O)N2CCC(C(=O)O)C2)cc1C. The molecule has 5 heteroatoms. The van der Waals surface area contributed by atoms with Crippen molar-refractivity contribution in [1.29, 1.82) is 0 Å². The standard InChI is InChI=1S/C17H23NO4/c1-12-5-6-15(10-13(12)2)22-9-3-4-16(19)18-8-7-14(11-18)17(20)21/h5-6,10,14H,3-4,7-9,11H2,1-2H3,(H,20,21). The average molecular weight is 305 g/mol. The van der Waals surface area contributed by atoms with Crippen LogP contribution in [0, 0.1) is 19.8 Å². The third kappa shape index (κ3) is 4.23. The van der Waals surface area contributed by atoms with Gasteiger partial charge in [-0.15, -0.1) is 0 Å². The first-order valence-corrected chi connectivity index (χ1v) is 7.68. The van der Waals surface area contributed by atoms with Crippen molar-refractivity contribution in [1.82, 2.24) is 4.90 Å². The molecule has 0 saturated carbocycles. The molecule has 2 rings (SSSR count). The molecular formula is C17H23NO4. The third-order valence-corrected chi connectivity index (χ3v) is 4.17. The Morgan fingerprint density at radius 3 is 2.73 bits per heavy atom. The first-order chi connectivity index (χ1) is 10.5. The van der Waals surface area contributed by atoms with Gasteiger partial charge in [0.05, 0.1) is 12.5 Å². The monoisotopic (exact) mass is 305 g/mol. The second-order valence-corrected chi connectivity index (χ2v) is 5.86. The summed E-state index contributed by atoms with van der Waals surface area (Å²) >= 11 is 0. The molecule has 1 aromatic carbocycles. The van der Waals surface area contributed by atoms with Crippen LogP contribution in [0.2, 0.25) is 0 Å². The van der Waals surface area contributed by atoms with Gasteiger partial charge < -0.3 is 14.7 Å². The molecule has 0 bridgehead atoms. The van der Waals surface area contributed by atoms with Crippen molar-refractivity contribution in [2.75, 3.05) is 19.7 Å². The summed E-state index contributed by atoms with van der Waals surface area (Å²) in [4.78, 5) is 24.5. The molecule has 1 aromatic rings. The minimum Gasteiger partial charge on any atom is -0.494 e. The van der Waals surface area contributed by atoms with Gasteiger partial charge in [0, 0.05) is 19.5 Å². The highest BCUT2D eigenvalue weighted by Gasteiger charge is 2.30. The zero-order chi connectivity index (χ0) is 16.1. The fraction of sp³-hybridized carbons (Fsp3) is 0.529. The number of rotatable bonds is 6. The van der Waals surface area contributed by atoms with E-state index in [1.54, 1.807) is 4.90 Å². The summed E-state index contributed by atoms with van der Waals surface area (Å²) in [7, 11) is 0. The molecule has 1 aliphatic rings. The van der Waals surface area contributed by atoms with E-state index >= 15 is 0 Å². The normalized spacial score (nSPS) is 17.5. The second-order valence-electron chi connectivity index (χ2n) is 5.86. The number of carbonyl (C=O) groups excluding carboxylic acids is 1. The Balaban J connectivity index is 1.69. The van der Waals surface area contributed by atoms with Crippen molar-refractivity contribution in [2.45, 2.75) is 33.1 Å². The van der Waals surface area contributed by atoms with Gasteiger partial charge in [0.25, 0.3) is 0 Å². The number of carboxylic acid groups (broad SMARTS) is 1. The van der Waals surface area contributed by atoms with Crippen LogP contribution >= 0.6 is 0 Å². The van der Waals surface area contributed by atoms with Gasteiger partial charge in [-0.3, -0.25) is 9.59 Å². The number of carboxylic acids is 1. The maximum Gasteiger partial charge on any atom is 0.308 e. The minimum atomic E-state index is -0.812. The number of nitrogens with zero attached hydrogens (tertiary/aromatic N) is 1. The highest BCUT2D eigenvalue weighted by molar-refractivity contribution is 5.78. The number of aryl methyl sites for hydroxylation is 2. The number of likely N-dealkylation sites (tertiary alicyclic amines) is 1. The van der Waals surface area contributed by atoms with Gasteiger partial charge in [-0.25, -0.2) is 0 Å². The molecule has 1 unspecified atom stereocenters. The van der Waals surface area contributed by atoms with Crippen LogP contribution in [0.15, 0.2) is 18.2 Å². The fourth-order valence-electron chi connectivity index (χ4n) is 2.56. The molecule has 1 amide bonds. The second kappa shape index (κ2) is 7.29. The Bertz CT molecular complexity index is 556. The molecule has 1 fully saturated rings. The molecule has 5 nitrogen and oxygen atoms in total. The Hall–Kier alpha value is -2.04. The maximum absolute atomic E-state index is 12.0. The van der Waals surface area contributed by atoms with E-state index in [0.29, 0.717) is 39.0 Å². The molecule has 1 saturated heterocycles. The summed E-state index contributed by atoms with van der Waals surface area (Å²) in [6, 6.07) is 5.95. The van der Waals surface area contributed by atoms with E-state index < -0.39 is 11.9 Å². The van der Waals surface area contributed by atoms with Crippen molar-refractivity contribution in [3.8, 4) is 5.75 Å². The Labute approximate surface area is 130 Å². The molecule has 1 aliphatic heterocycles.